The summed E-state index contributed by atoms with van der Waals surface area (Å²) in [7, 11) is 3.90. The Morgan fingerprint density at radius 3 is 2.53 bits per heavy atom. The lowest BCUT2D eigenvalue weighted by atomic mass is 10.4. The smallest absolute Gasteiger partial charge is 0.331 e. The Bertz CT molecular complexity index is 487. The third-order valence-electron chi connectivity index (χ3n) is 2.59. The van der Waals surface area contributed by atoms with Crippen LogP contribution in [-0.4, -0.2) is 34.7 Å². The van der Waals surface area contributed by atoms with Gasteiger partial charge < -0.3 is 10.6 Å². The Hall–Kier alpha value is -1.56. The molecule has 6 heteroatoms. The number of aromatic nitrogens is 2. The lowest BCUT2D eigenvalue weighted by molar-refractivity contribution is 0.380. The van der Waals surface area contributed by atoms with E-state index in [9.17, 15) is 9.59 Å². The lowest BCUT2D eigenvalue weighted by Crippen LogP contribution is -2.40. The molecule has 0 unspecified atom stereocenters. The molecule has 2 N–H and O–H groups in total. The summed E-state index contributed by atoms with van der Waals surface area (Å²) in [6.07, 6.45) is 2.16. The van der Waals surface area contributed by atoms with Crippen LogP contribution in [0.2, 0.25) is 0 Å². The van der Waals surface area contributed by atoms with Crippen LogP contribution in [0.25, 0.3) is 0 Å². The number of anilines is 1. The highest BCUT2D eigenvalue weighted by Gasteiger charge is 2.08. The number of nitrogen functional groups attached to an aromatic ring is 1. The molecular weight excluding hydrogens is 220 g/mol. The molecule has 0 aliphatic carbocycles. The molecule has 0 atom stereocenters. The first kappa shape index (κ1) is 13.5. The molecular formula is C11H20N4O2. The zero-order valence-electron chi connectivity index (χ0n) is 10.6. The molecule has 6 nitrogen and oxygen atoms in total. The largest absolute Gasteiger partial charge is 0.393 e. The lowest BCUT2D eigenvalue weighted by Gasteiger charge is -2.12. The van der Waals surface area contributed by atoms with Gasteiger partial charge in [-0.15, -0.1) is 0 Å². The van der Waals surface area contributed by atoms with Gasteiger partial charge in [0.15, 0.2) is 0 Å². The van der Waals surface area contributed by atoms with Crippen molar-refractivity contribution in [2.45, 2.75) is 26.4 Å². The van der Waals surface area contributed by atoms with Gasteiger partial charge in [0.05, 0.1) is 0 Å². The maximum absolute atomic E-state index is 11.9. The van der Waals surface area contributed by atoms with E-state index in [1.54, 1.807) is 0 Å². The minimum absolute atomic E-state index is 0.122. The van der Waals surface area contributed by atoms with Gasteiger partial charge in [0, 0.05) is 19.3 Å². The maximum Gasteiger partial charge on any atom is 0.331 e. The van der Waals surface area contributed by atoms with E-state index in [4.69, 9.17) is 5.73 Å². The van der Waals surface area contributed by atoms with Crippen LogP contribution in [0.1, 0.15) is 13.3 Å². The number of nitrogens with two attached hydrogens (primary N) is 1. The average Bonchev–Trinajstić information content (AvgIpc) is 2.27. The molecule has 17 heavy (non-hydrogen) atoms. The summed E-state index contributed by atoms with van der Waals surface area (Å²) in [4.78, 5) is 25.7. The number of rotatable bonds is 5. The monoisotopic (exact) mass is 240 g/mol. The molecule has 1 aromatic heterocycles. The Labute approximate surface area is 100 Å². The van der Waals surface area contributed by atoms with Gasteiger partial charge in [0.25, 0.3) is 5.56 Å². The van der Waals surface area contributed by atoms with Crippen molar-refractivity contribution in [1.82, 2.24) is 14.0 Å². The van der Waals surface area contributed by atoms with Gasteiger partial charge in [0.2, 0.25) is 0 Å². The van der Waals surface area contributed by atoms with Crippen LogP contribution in [0.3, 0.4) is 0 Å². The van der Waals surface area contributed by atoms with E-state index in [-0.39, 0.29) is 11.4 Å². The quantitative estimate of drug-likeness (QED) is 0.757. The van der Waals surface area contributed by atoms with Gasteiger partial charge in [-0.05, 0) is 34.0 Å². The Morgan fingerprint density at radius 2 is 2.00 bits per heavy atom. The highest BCUT2D eigenvalue weighted by Crippen LogP contribution is 1.92. The Kier molecular flexibility index (Phi) is 4.51. The molecule has 1 aromatic rings. The van der Waals surface area contributed by atoms with Crippen LogP contribution in [0.5, 0.6) is 0 Å². The van der Waals surface area contributed by atoms with Crippen LogP contribution in [-0.2, 0) is 13.1 Å². The summed E-state index contributed by atoms with van der Waals surface area (Å²) < 4.78 is 2.66. The van der Waals surface area contributed by atoms with Crippen molar-refractivity contribution >= 4 is 5.69 Å². The molecule has 1 rings (SSSR count). The van der Waals surface area contributed by atoms with Crippen LogP contribution in [0.15, 0.2) is 15.8 Å². The summed E-state index contributed by atoms with van der Waals surface area (Å²) >= 11 is 0. The fourth-order valence-electron chi connectivity index (χ4n) is 1.64. The zero-order valence-corrected chi connectivity index (χ0v) is 10.6. The SMILES string of the molecule is CCn1cc(N)c(=O)n(CCCN(C)C)c1=O. The molecule has 0 fully saturated rings. The first-order valence-corrected chi connectivity index (χ1v) is 5.71. The molecule has 0 saturated carbocycles. The number of hydrogen-bond acceptors (Lipinski definition) is 4. The summed E-state index contributed by atoms with van der Waals surface area (Å²) in [6.45, 7) is 3.58. The second-order valence-electron chi connectivity index (χ2n) is 4.27. The van der Waals surface area contributed by atoms with E-state index in [1.165, 1.54) is 15.3 Å². The summed E-state index contributed by atoms with van der Waals surface area (Å²) in [5.74, 6) is 0. The highest BCUT2D eigenvalue weighted by molar-refractivity contribution is 5.30. The van der Waals surface area contributed by atoms with E-state index < -0.39 is 5.56 Å². The molecule has 0 aliphatic rings. The standard InChI is InChI=1S/C11H20N4O2/c1-4-14-8-9(12)10(16)15(11(14)17)7-5-6-13(2)3/h8H,4-7,12H2,1-3H3. The first-order chi connectivity index (χ1) is 7.97. The predicted octanol–water partition coefficient (Wildman–Crippen LogP) is -0.436. The summed E-state index contributed by atoms with van der Waals surface area (Å²) in [5.41, 5.74) is 5.04. The number of aryl methyl sites for hydroxylation is 1. The number of hydrogen-bond donors (Lipinski definition) is 1. The van der Waals surface area contributed by atoms with Crippen LogP contribution >= 0.6 is 0 Å². The van der Waals surface area contributed by atoms with Gasteiger partial charge in [-0.25, -0.2) is 4.79 Å². The van der Waals surface area contributed by atoms with Crippen molar-refractivity contribution in [3.05, 3.63) is 27.0 Å². The van der Waals surface area contributed by atoms with E-state index in [0.29, 0.717) is 13.1 Å². The Balaban J connectivity index is 3.01. The molecule has 1 heterocycles. The van der Waals surface area contributed by atoms with Crippen molar-refractivity contribution in [3.8, 4) is 0 Å². The fourth-order valence-corrected chi connectivity index (χ4v) is 1.64. The minimum atomic E-state index is -0.390. The average molecular weight is 240 g/mol. The van der Waals surface area contributed by atoms with Gasteiger partial charge in [-0.3, -0.25) is 13.9 Å². The van der Waals surface area contributed by atoms with Gasteiger partial charge in [-0.2, -0.15) is 0 Å². The first-order valence-electron chi connectivity index (χ1n) is 5.71. The maximum atomic E-state index is 11.9. The van der Waals surface area contributed by atoms with Crippen molar-refractivity contribution in [2.75, 3.05) is 26.4 Å². The minimum Gasteiger partial charge on any atom is -0.393 e. The van der Waals surface area contributed by atoms with E-state index in [0.717, 1.165) is 13.0 Å². The molecule has 0 aliphatic heterocycles. The van der Waals surface area contributed by atoms with Gasteiger partial charge >= 0.3 is 5.69 Å². The topological polar surface area (TPSA) is 73.3 Å². The third-order valence-corrected chi connectivity index (χ3v) is 2.59. The highest BCUT2D eigenvalue weighted by atomic mass is 16.2. The van der Waals surface area contributed by atoms with E-state index in [2.05, 4.69) is 0 Å². The third kappa shape index (κ3) is 3.20. The van der Waals surface area contributed by atoms with E-state index >= 15 is 0 Å². The van der Waals surface area contributed by atoms with Crippen molar-refractivity contribution < 1.29 is 0 Å². The van der Waals surface area contributed by atoms with Gasteiger partial charge in [0.1, 0.15) is 5.69 Å². The second-order valence-corrected chi connectivity index (χ2v) is 4.27. The van der Waals surface area contributed by atoms with Crippen molar-refractivity contribution in [3.63, 3.8) is 0 Å². The molecule has 0 saturated heterocycles. The molecule has 0 bridgehead atoms. The molecule has 0 spiro atoms. The molecule has 0 radical (unpaired) electrons. The normalized spacial score (nSPS) is 11.1. The summed E-state index contributed by atoms with van der Waals surface area (Å²) in [6, 6.07) is 0. The van der Waals surface area contributed by atoms with Crippen LogP contribution in [0, 0.1) is 0 Å². The van der Waals surface area contributed by atoms with Crippen molar-refractivity contribution in [2.24, 2.45) is 0 Å². The molecule has 0 aromatic carbocycles. The molecule has 0 amide bonds. The van der Waals surface area contributed by atoms with Crippen LogP contribution in [0.4, 0.5) is 5.69 Å². The predicted molar refractivity (Wildman–Crippen MR) is 68.2 cm³/mol. The second kappa shape index (κ2) is 5.67. The summed E-state index contributed by atoms with van der Waals surface area (Å²) in [5, 5.41) is 0. The van der Waals surface area contributed by atoms with Crippen molar-refractivity contribution in [1.29, 1.82) is 0 Å². The zero-order chi connectivity index (χ0) is 13.0. The van der Waals surface area contributed by atoms with Crippen LogP contribution < -0.4 is 17.0 Å². The van der Waals surface area contributed by atoms with E-state index in [1.807, 2.05) is 25.9 Å². The fraction of sp³-hybridized carbons (Fsp3) is 0.636. The Morgan fingerprint density at radius 1 is 1.35 bits per heavy atom. The molecule has 96 valence electrons. The van der Waals surface area contributed by atoms with Gasteiger partial charge in [-0.1, -0.05) is 0 Å². The number of nitrogens with zero attached hydrogens (tertiary/aromatic N) is 3.